The number of piperazine rings is 1. The zero-order valence-corrected chi connectivity index (χ0v) is 29.7. The molecule has 50 heavy (non-hydrogen) atoms. The summed E-state index contributed by atoms with van der Waals surface area (Å²) in [6.45, 7) is 10.1. The summed E-state index contributed by atoms with van der Waals surface area (Å²) < 4.78 is 52.8. The average molecular weight is 719 g/mol. The molecule has 0 radical (unpaired) electrons. The second kappa shape index (κ2) is 16.0. The number of likely N-dealkylation sites (N-methyl/N-ethyl adjacent to an activating group) is 1. The van der Waals surface area contributed by atoms with Gasteiger partial charge in [0.2, 0.25) is 12.3 Å². The molecule has 2 aromatic heterocycles. The molecule has 270 valence electrons. The van der Waals surface area contributed by atoms with Crippen molar-refractivity contribution >= 4 is 41.5 Å². The third-order valence-corrected chi connectivity index (χ3v) is 8.27. The van der Waals surface area contributed by atoms with Crippen LogP contribution in [0.15, 0.2) is 48.7 Å². The lowest BCUT2D eigenvalue weighted by atomic mass is 10.0. The molecule has 4 rings (SSSR count). The van der Waals surface area contributed by atoms with Crippen molar-refractivity contribution in [1.29, 1.82) is 0 Å². The van der Waals surface area contributed by atoms with Gasteiger partial charge in [-0.25, -0.2) is 14.8 Å². The van der Waals surface area contributed by atoms with E-state index in [-0.39, 0.29) is 49.6 Å². The van der Waals surface area contributed by atoms with E-state index in [9.17, 15) is 27.6 Å². The zero-order chi connectivity index (χ0) is 36.8. The van der Waals surface area contributed by atoms with Crippen molar-refractivity contribution in [2.45, 2.75) is 58.9 Å². The Bertz CT molecular complexity index is 1690. The first kappa shape index (κ1) is 38.2. The Kier molecular flexibility index (Phi) is 12.2. The van der Waals surface area contributed by atoms with E-state index in [0.29, 0.717) is 42.3 Å². The number of alkyl halides is 3. The summed E-state index contributed by atoms with van der Waals surface area (Å²) in [5.41, 5.74) is -0.612. The molecule has 1 aliphatic rings. The maximum atomic E-state index is 13.9. The number of carbonyl (C=O) groups is 3. The number of anilines is 2. The van der Waals surface area contributed by atoms with Crippen molar-refractivity contribution in [2.24, 2.45) is 0 Å². The minimum Gasteiger partial charge on any atom is -0.477 e. The highest BCUT2D eigenvalue weighted by molar-refractivity contribution is 6.30. The molecule has 0 saturated carbocycles. The molecule has 0 N–H and O–H groups in total. The molecule has 0 bridgehead atoms. The van der Waals surface area contributed by atoms with E-state index >= 15 is 0 Å². The average Bonchev–Trinajstić information content (AvgIpc) is 3.07. The molecular formula is C35H42ClF3N6O5. The Hall–Kier alpha value is -4.59. The first-order valence-corrected chi connectivity index (χ1v) is 16.6. The Labute approximate surface area is 294 Å². The molecule has 1 fully saturated rings. The number of carbonyl (C=O) groups excluding carboxylic acids is 3. The molecular weight excluding hydrogens is 677 g/mol. The first-order chi connectivity index (χ1) is 23.6. The van der Waals surface area contributed by atoms with Crippen molar-refractivity contribution < 1.29 is 37.0 Å². The van der Waals surface area contributed by atoms with Crippen LogP contribution in [0.2, 0.25) is 5.02 Å². The molecule has 15 heteroatoms. The summed E-state index contributed by atoms with van der Waals surface area (Å²) in [6, 6.07) is 9.94. The number of amides is 3. The van der Waals surface area contributed by atoms with E-state index in [2.05, 4.69) is 4.98 Å². The number of ether oxygens (including phenoxy) is 2. The molecule has 0 spiro atoms. The van der Waals surface area contributed by atoms with Gasteiger partial charge in [-0.2, -0.15) is 13.2 Å². The quantitative estimate of drug-likeness (QED) is 0.200. The number of pyridine rings is 2. The fourth-order valence-corrected chi connectivity index (χ4v) is 5.75. The number of hydrogen-bond donors (Lipinski definition) is 0. The van der Waals surface area contributed by atoms with Crippen LogP contribution in [0.5, 0.6) is 5.88 Å². The van der Waals surface area contributed by atoms with Crippen LogP contribution in [0, 0.1) is 0 Å². The molecule has 3 heterocycles. The van der Waals surface area contributed by atoms with E-state index in [1.807, 2.05) is 24.8 Å². The lowest BCUT2D eigenvalue weighted by Crippen LogP contribution is -2.55. The number of hydrogen-bond acceptors (Lipinski definition) is 8. The maximum absolute atomic E-state index is 13.9. The molecule has 3 aromatic rings. The number of halogens is 4. The van der Waals surface area contributed by atoms with E-state index in [4.69, 9.17) is 26.1 Å². The number of nitrogens with zero attached hydrogens (tertiary/aromatic N) is 6. The summed E-state index contributed by atoms with van der Waals surface area (Å²) >= 11 is 5.85. The van der Waals surface area contributed by atoms with Gasteiger partial charge in [-0.3, -0.25) is 14.5 Å². The minimum absolute atomic E-state index is 0.0695. The van der Waals surface area contributed by atoms with Gasteiger partial charge in [0.1, 0.15) is 5.60 Å². The maximum Gasteiger partial charge on any atom is 0.417 e. The van der Waals surface area contributed by atoms with Crippen LogP contribution in [0.4, 0.5) is 29.5 Å². The number of aromatic nitrogens is 2. The first-order valence-electron chi connectivity index (χ1n) is 16.3. The fraction of sp³-hybridized carbons (Fsp3) is 0.457. The Morgan fingerprint density at radius 2 is 1.82 bits per heavy atom. The van der Waals surface area contributed by atoms with Crippen LogP contribution in [-0.2, 0) is 15.7 Å². The van der Waals surface area contributed by atoms with Gasteiger partial charge in [0.15, 0.2) is 5.82 Å². The van der Waals surface area contributed by atoms with E-state index in [1.54, 1.807) is 52.2 Å². The van der Waals surface area contributed by atoms with Gasteiger partial charge in [-0.05, 0) is 76.6 Å². The third kappa shape index (κ3) is 9.14. The molecule has 0 unspecified atom stereocenters. The Morgan fingerprint density at radius 3 is 2.46 bits per heavy atom. The highest BCUT2D eigenvalue weighted by atomic mass is 35.5. The SMILES string of the molecule is CCOc1ncccc1-c1ccc(N2CCN(C(=O)c3ccc(Cl)cc3C(F)(F)F)C[C@H]2CC)c(N(C=O)CCN(C)C(=O)OC(C)(C)C)n1. The van der Waals surface area contributed by atoms with Gasteiger partial charge in [0.25, 0.3) is 5.91 Å². The van der Waals surface area contributed by atoms with Crippen molar-refractivity contribution in [3.8, 4) is 17.1 Å². The Balaban J connectivity index is 1.69. The van der Waals surface area contributed by atoms with Crippen LogP contribution >= 0.6 is 11.6 Å². The standard InChI is InChI=1S/C35H42ClF3N6O5/c1-7-24-21-43(32(47)25-12-11-23(36)20-27(25)35(37,38)39)18-19-45(24)29-14-13-28(26-10-9-15-40-31(26)49-8-2)41-30(29)44(22-46)17-16-42(6)33(48)50-34(3,4)5/h9-15,20,22,24H,7-8,16-19,21H2,1-6H3/t24-/m1/s1. The molecule has 0 aliphatic carbocycles. The summed E-state index contributed by atoms with van der Waals surface area (Å²) in [5, 5.41) is -0.120. The largest absolute Gasteiger partial charge is 0.477 e. The van der Waals surface area contributed by atoms with Crippen molar-refractivity contribution in [3.63, 3.8) is 0 Å². The molecule has 1 atom stereocenters. The van der Waals surface area contributed by atoms with Gasteiger partial charge in [0.05, 0.1) is 34.7 Å². The molecule has 1 saturated heterocycles. The van der Waals surface area contributed by atoms with Crippen molar-refractivity contribution in [1.82, 2.24) is 19.8 Å². The third-order valence-electron chi connectivity index (χ3n) is 8.03. The second-order valence-corrected chi connectivity index (χ2v) is 13.2. The second-order valence-electron chi connectivity index (χ2n) is 12.7. The smallest absolute Gasteiger partial charge is 0.417 e. The monoisotopic (exact) mass is 718 g/mol. The summed E-state index contributed by atoms with van der Waals surface area (Å²) in [4.78, 5) is 54.3. The van der Waals surface area contributed by atoms with Crippen LogP contribution in [-0.4, -0.2) is 96.2 Å². The predicted molar refractivity (Wildman–Crippen MR) is 185 cm³/mol. The van der Waals surface area contributed by atoms with Gasteiger partial charge in [-0.15, -0.1) is 0 Å². The fourth-order valence-electron chi connectivity index (χ4n) is 5.58. The summed E-state index contributed by atoms with van der Waals surface area (Å²) in [5.74, 6) is -0.0975. The van der Waals surface area contributed by atoms with Gasteiger partial charge < -0.3 is 24.2 Å². The van der Waals surface area contributed by atoms with Gasteiger partial charge >= 0.3 is 12.3 Å². The topological polar surface area (TPSA) is 108 Å². The van der Waals surface area contributed by atoms with Gasteiger partial charge in [-0.1, -0.05) is 18.5 Å². The summed E-state index contributed by atoms with van der Waals surface area (Å²) in [7, 11) is 1.57. The van der Waals surface area contributed by atoms with E-state index < -0.39 is 34.9 Å². The minimum atomic E-state index is -4.77. The van der Waals surface area contributed by atoms with Crippen LogP contribution < -0.4 is 14.5 Å². The molecule has 1 aromatic carbocycles. The number of benzene rings is 1. The normalized spacial score (nSPS) is 15.0. The van der Waals surface area contributed by atoms with Crippen molar-refractivity contribution in [3.05, 3.63) is 64.8 Å². The van der Waals surface area contributed by atoms with Crippen LogP contribution in [0.1, 0.15) is 57.0 Å². The highest BCUT2D eigenvalue weighted by Gasteiger charge is 2.38. The summed E-state index contributed by atoms with van der Waals surface area (Å²) in [6.07, 6.45) is -2.57. The number of rotatable bonds is 11. The zero-order valence-electron chi connectivity index (χ0n) is 29.0. The predicted octanol–water partition coefficient (Wildman–Crippen LogP) is 6.79. The highest BCUT2D eigenvalue weighted by Crippen LogP contribution is 2.37. The lowest BCUT2D eigenvalue weighted by Gasteiger charge is -2.43. The van der Waals surface area contributed by atoms with E-state index in [1.165, 1.54) is 20.8 Å². The van der Waals surface area contributed by atoms with Crippen LogP contribution in [0.3, 0.4) is 0 Å². The molecule has 1 aliphatic heterocycles. The van der Waals surface area contributed by atoms with Crippen molar-refractivity contribution in [2.75, 3.05) is 56.2 Å². The van der Waals surface area contributed by atoms with E-state index in [0.717, 1.165) is 12.1 Å². The molecule has 3 amide bonds. The Morgan fingerprint density at radius 1 is 1.08 bits per heavy atom. The van der Waals surface area contributed by atoms with Crippen LogP contribution in [0.25, 0.3) is 11.3 Å². The molecule has 11 nitrogen and oxygen atoms in total. The van der Waals surface area contributed by atoms with Gasteiger partial charge in [0, 0.05) is 57.0 Å². The lowest BCUT2D eigenvalue weighted by molar-refractivity contribution is -0.138.